The van der Waals surface area contributed by atoms with Crippen molar-refractivity contribution in [2.24, 2.45) is 17.8 Å². The van der Waals surface area contributed by atoms with E-state index in [0.717, 1.165) is 47.8 Å². The normalized spacial score (nSPS) is 24.5. The Labute approximate surface area is 259 Å². The minimum atomic E-state index is -0.658. The van der Waals surface area contributed by atoms with E-state index in [1.54, 1.807) is 12.4 Å². The van der Waals surface area contributed by atoms with Gasteiger partial charge < -0.3 is 19.1 Å². The number of aromatic amines is 1. The number of nitrogens with one attached hydrogen (secondary N) is 1. The SMILES string of the molecule is CC1CCC(Cn2c(N3[C@@H](C)CN(C(=O)C4COC4)C[C@@H]3C)nc3cc(-c4noc(=O)[nH]4)nc(-c4cncc(Cl)c4)c32)CC1. The van der Waals surface area contributed by atoms with Gasteiger partial charge in [-0.15, -0.1) is 0 Å². The molecule has 6 heterocycles. The highest BCUT2D eigenvalue weighted by Crippen LogP contribution is 2.38. The zero-order valence-electron chi connectivity index (χ0n) is 25.2. The number of anilines is 1. The summed E-state index contributed by atoms with van der Waals surface area (Å²) in [6.45, 7) is 9.67. The number of carbonyl (C=O) groups is 1. The molecule has 0 unspecified atom stereocenters. The number of piperazine rings is 1. The summed E-state index contributed by atoms with van der Waals surface area (Å²) in [6, 6.07) is 3.74. The monoisotopic (exact) mass is 620 g/mol. The van der Waals surface area contributed by atoms with Gasteiger partial charge in [0.25, 0.3) is 0 Å². The van der Waals surface area contributed by atoms with Crippen LogP contribution in [0.5, 0.6) is 0 Å². The van der Waals surface area contributed by atoms with Gasteiger partial charge >= 0.3 is 5.76 Å². The fourth-order valence-corrected chi connectivity index (χ4v) is 7.20. The first-order valence-electron chi connectivity index (χ1n) is 15.5. The fraction of sp³-hybridized carbons (Fsp3) is 0.548. The number of pyridine rings is 2. The third kappa shape index (κ3) is 5.38. The first kappa shape index (κ1) is 29.0. The van der Waals surface area contributed by atoms with Crippen molar-refractivity contribution in [3.05, 3.63) is 40.1 Å². The number of imidazole rings is 1. The molecule has 44 heavy (non-hydrogen) atoms. The summed E-state index contributed by atoms with van der Waals surface area (Å²) in [5.74, 6) is 1.77. The molecule has 7 rings (SSSR count). The largest absolute Gasteiger partial charge is 0.439 e. The molecule has 0 spiro atoms. The van der Waals surface area contributed by atoms with Crippen LogP contribution in [0.15, 0.2) is 33.8 Å². The van der Waals surface area contributed by atoms with Crippen molar-refractivity contribution in [2.45, 2.75) is 65.1 Å². The summed E-state index contributed by atoms with van der Waals surface area (Å²) < 4.78 is 12.4. The number of carbonyl (C=O) groups excluding carboxylic acids is 1. The van der Waals surface area contributed by atoms with Crippen LogP contribution in [0.25, 0.3) is 33.8 Å². The van der Waals surface area contributed by atoms with Gasteiger partial charge in [0.15, 0.2) is 0 Å². The van der Waals surface area contributed by atoms with Crippen molar-refractivity contribution in [2.75, 3.05) is 31.2 Å². The first-order valence-corrected chi connectivity index (χ1v) is 15.9. The summed E-state index contributed by atoms with van der Waals surface area (Å²) in [5.41, 5.74) is 3.41. The lowest BCUT2D eigenvalue weighted by atomic mass is 9.83. The average Bonchev–Trinajstić information content (AvgIpc) is 3.56. The van der Waals surface area contributed by atoms with Gasteiger partial charge in [-0.25, -0.2) is 14.8 Å². The molecule has 2 atom stereocenters. The molecule has 4 aromatic heterocycles. The first-order chi connectivity index (χ1) is 21.2. The zero-order valence-corrected chi connectivity index (χ0v) is 26.0. The lowest BCUT2D eigenvalue weighted by Gasteiger charge is -2.46. The van der Waals surface area contributed by atoms with Gasteiger partial charge in [0.2, 0.25) is 17.7 Å². The fourth-order valence-electron chi connectivity index (χ4n) is 7.02. The van der Waals surface area contributed by atoms with E-state index in [4.69, 9.17) is 30.8 Å². The number of ether oxygens (including phenoxy) is 1. The van der Waals surface area contributed by atoms with E-state index in [2.05, 4.69) is 45.4 Å². The van der Waals surface area contributed by atoms with E-state index in [0.29, 0.717) is 48.6 Å². The number of hydrogen-bond donors (Lipinski definition) is 1. The molecule has 0 aromatic carbocycles. The maximum absolute atomic E-state index is 13.2. The molecule has 2 saturated heterocycles. The number of aromatic nitrogens is 6. The Morgan fingerprint density at radius 1 is 1.05 bits per heavy atom. The number of nitrogens with zero attached hydrogens (tertiary/aromatic N) is 7. The van der Waals surface area contributed by atoms with E-state index in [-0.39, 0.29) is 29.7 Å². The van der Waals surface area contributed by atoms with Crippen molar-refractivity contribution in [3.63, 3.8) is 0 Å². The molecule has 13 heteroatoms. The number of halogens is 1. The molecule has 2 aliphatic heterocycles. The Morgan fingerprint density at radius 2 is 1.80 bits per heavy atom. The van der Waals surface area contributed by atoms with Crippen LogP contribution in [0.2, 0.25) is 5.02 Å². The maximum Gasteiger partial charge on any atom is 0.439 e. The highest BCUT2D eigenvalue weighted by Gasteiger charge is 2.39. The third-order valence-corrected chi connectivity index (χ3v) is 9.60. The van der Waals surface area contributed by atoms with E-state index >= 15 is 0 Å². The van der Waals surface area contributed by atoms with E-state index < -0.39 is 5.76 Å². The Hall–Kier alpha value is -3.77. The molecule has 3 fully saturated rings. The molecule has 0 bridgehead atoms. The molecular formula is C31H37ClN8O4. The van der Waals surface area contributed by atoms with Crippen molar-refractivity contribution >= 4 is 34.5 Å². The van der Waals surface area contributed by atoms with Gasteiger partial charge in [0, 0.05) is 49.7 Å². The van der Waals surface area contributed by atoms with Crippen LogP contribution < -0.4 is 10.7 Å². The Kier molecular flexibility index (Phi) is 7.65. The number of amides is 1. The van der Waals surface area contributed by atoms with Gasteiger partial charge in [-0.2, -0.15) is 0 Å². The Balaban J connectivity index is 1.37. The number of rotatable bonds is 6. The van der Waals surface area contributed by atoms with Crippen molar-refractivity contribution < 1.29 is 14.1 Å². The van der Waals surface area contributed by atoms with E-state index in [1.807, 2.05) is 17.0 Å². The second-order valence-corrected chi connectivity index (χ2v) is 13.2. The third-order valence-electron chi connectivity index (χ3n) is 9.39. The standard InChI is InChI=1S/C31H37ClN8O4/c1-17-4-6-20(7-5-17)14-39-27-24(35-30(39)40-18(2)12-38(13-19(40)3)29(41)22-15-43-16-22)9-25(28-36-31(42)44-37-28)34-26(27)21-8-23(32)11-33-10-21/h8-11,17-20,22H,4-7,12-16H2,1-3H3,(H,36,37,42)/t17?,18-,19-,20?/m0/s1. The minimum Gasteiger partial charge on any atom is -0.380 e. The van der Waals surface area contributed by atoms with Gasteiger partial charge in [0.1, 0.15) is 5.69 Å². The summed E-state index contributed by atoms with van der Waals surface area (Å²) in [4.78, 5) is 46.6. The van der Waals surface area contributed by atoms with Crippen molar-refractivity contribution in [1.82, 2.24) is 34.6 Å². The van der Waals surface area contributed by atoms with Crippen LogP contribution >= 0.6 is 11.6 Å². The second kappa shape index (κ2) is 11.6. The van der Waals surface area contributed by atoms with E-state index in [1.165, 1.54) is 12.8 Å². The quantitative estimate of drug-likeness (QED) is 0.333. The summed E-state index contributed by atoms with van der Waals surface area (Å²) in [6.07, 6.45) is 8.04. The second-order valence-electron chi connectivity index (χ2n) is 12.8. The van der Waals surface area contributed by atoms with Crippen LogP contribution in [0, 0.1) is 17.8 Å². The van der Waals surface area contributed by atoms with Crippen molar-refractivity contribution in [3.8, 4) is 22.8 Å². The zero-order chi connectivity index (χ0) is 30.5. The van der Waals surface area contributed by atoms with Gasteiger partial charge in [-0.3, -0.25) is 19.3 Å². The Bertz CT molecular complexity index is 1730. The smallest absolute Gasteiger partial charge is 0.380 e. The lowest BCUT2D eigenvalue weighted by Crippen LogP contribution is -2.61. The molecule has 232 valence electrons. The van der Waals surface area contributed by atoms with Crippen LogP contribution in [0.3, 0.4) is 0 Å². The number of H-pyrrole nitrogens is 1. The molecule has 1 N–H and O–H groups in total. The summed E-state index contributed by atoms with van der Waals surface area (Å²) in [7, 11) is 0. The van der Waals surface area contributed by atoms with Crippen LogP contribution in [-0.4, -0.2) is 78.9 Å². The summed E-state index contributed by atoms with van der Waals surface area (Å²) >= 11 is 6.42. The predicted molar refractivity (Wildman–Crippen MR) is 165 cm³/mol. The van der Waals surface area contributed by atoms with Gasteiger partial charge in [-0.05, 0) is 50.7 Å². The average molecular weight is 621 g/mol. The van der Waals surface area contributed by atoms with Crippen LogP contribution in [-0.2, 0) is 16.1 Å². The van der Waals surface area contributed by atoms with Crippen LogP contribution in [0.1, 0.15) is 46.5 Å². The molecule has 1 aliphatic carbocycles. The molecule has 1 saturated carbocycles. The molecule has 4 aromatic rings. The molecule has 0 radical (unpaired) electrons. The topological polar surface area (TPSA) is 135 Å². The molecular weight excluding hydrogens is 584 g/mol. The number of hydrogen-bond acceptors (Lipinski definition) is 9. The minimum absolute atomic E-state index is 0.0289. The Morgan fingerprint density at radius 3 is 2.43 bits per heavy atom. The number of fused-ring (bicyclic) bond motifs is 1. The van der Waals surface area contributed by atoms with Crippen molar-refractivity contribution in [1.29, 1.82) is 0 Å². The van der Waals surface area contributed by atoms with Gasteiger partial charge in [0.05, 0.1) is 40.9 Å². The van der Waals surface area contributed by atoms with Gasteiger partial charge in [-0.1, -0.05) is 36.5 Å². The van der Waals surface area contributed by atoms with E-state index in [9.17, 15) is 9.59 Å². The summed E-state index contributed by atoms with van der Waals surface area (Å²) in [5, 5.41) is 4.39. The molecule has 12 nitrogen and oxygen atoms in total. The lowest BCUT2D eigenvalue weighted by molar-refractivity contribution is -0.151. The maximum atomic E-state index is 13.2. The molecule has 1 amide bonds. The highest BCUT2D eigenvalue weighted by molar-refractivity contribution is 6.30. The molecule has 3 aliphatic rings. The predicted octanol–water partition coefficient (Wildman–Crippen LogP) is 4.39. The highest BCUT2D eigenvalue weighted by atomic mass is 35.5. The van der Waals surface area contributed by atoms with Crippen LogP contribution in [0.4, 0.5) is 5.95 Å².